The lowest BCUT2D eigenvalue weighted by Crippen LogP contribution is -2.00. The maximum atomic E-state index is 11.7. The largest absolute Gasteiger partial charge is 0.502 e. The SMILES string of the molecule is COc1cc(/C=C/C(=O)OCc2ccccc2)cc(OC)c1O. The van der Waals surface area contributed by atoms with E-state index in [2.05, 4.69) is 0 Å². The standard InChI is InChI=1S/C18H18O5/c1-21-15-10-14(11-16(22-2)18(15)20)8-9-17(19)23-12-13-6-4-3-5-7-13/h3-11,20H,12H2,1-2H3/b9-8+. The first-order valence-electron chi connectivity index (χ1n) is 6.97. The molecular weight excluding hydrogens is 296 g/mol. The van der Waals surface area contributed by atoms with Crippen LogP contribution in [0.3, 0.4) is 0 Å². The molecule has 0 saturated carbocycles. The van der Waals surface area contributed by atoms with Crippen molar-refractivity contribution in [3.05, 3.63) is 59.7 Å². The van der Waals surface area contributed by atoms with Gasteiger partial charge in [0.05, 0.1) is 14.2 Å². The highest BCUT2D eigenvalue weighted by Crippen LogP contribution is 2.37. The normalized spacial score (nSPS) is 10.5. The van der Waals surface area contributed by atoms with Gasteiger partial charge in [-0.05, 0) is 29.3 Å². The molecule has 1 N–H and O–H groups in total. The molecule has 23 heavy (non-hydrogen) atoms. The number of benzene rings is 2. The minimum Gasteiger partial charge on any atom is -0.502 e. The number of ether oxygens (including phenoxy) is 3. The Morgan fingerprint density at radius 3 is 2.26 bits per heavy atom. The lowest BCUT2D eigenvalue weighted by atomic mass is 10.1. The molecule has 5 nitrogen and oxygen atoms in total. The number of carbonyl (C=O) groups is 1. The van der Waals surface area contributed by atoms with Crippen molar-refractivity contribution < 1.29 is 24.1 Å². The summed E-state index contributed by atoms with van der Waals surface area (Å²) in [6, 6.07) is 12.6. The third-order valence-corrected chi connectivity index (χ3v) is 3.14. The minimum atomic E-state index is -0.458. The second-order valence-corrected chi connectivity index (χ2v) is 4.70. The fraction of sp³-hybridized carbons (Fsp3) is 0.167. The predicted octanol–water partition coefficient (Wildman–Crippen LogP) is 3.17. The number of aromatic hydroxyl groups is 1. The Hall–Kier alpha value is -2.95. The molecule has 0 spiro atoms. The quantitative estimate of drug-likeness (QED) is 0.655. The van der Waals surface area contributed by atoms with E-state index in [0.29, 0.717) is 5.56 Å². The number of hydrogen-bond acceptors (Lipinski definition) is 5. The molecule has 0 unspecified atom stereocenters. The summed E-state index contributed by atoms with van der Waals surface area (Å²) >= 11 is 0. The zero-order valence-electron chi connectivity index (χ0n) is 13.0. The van der Waals surface area contributed by atoms with Gasteiger partial charge in [0.1, 0.15) is 6.61 Å². The molecule has 0 saturated heterocycles. The average Bonchev–Trinajstić information content (AvgIpc) is 2.59. The van der Waals surface area contributed by atoms with E-state index in [4.69, 9.17) is 14.2 Å². The van der Waals surface area contributed by atoms with Crippen molar-refractivity contribution in [2.75, 3.05) is 14.2 Å². The smallest absolute Gasteiger partial charge is 0.331 e. The van der Waals surface area contributed by atoms with Gasteiger partial charge in [0.15, 0.2) is 11.5 Å². The van der Waals surface area contributed by atoms with Crippen LogP contribution in [0.2, 0.25) is 0 Å². The lowest BCUT2D eigenvalue weighted by molar-refractivity contribution is -0.138. The van der Waals surface area contributed by atoms with Gasteiger partial charge in [-0.2, -0.15) is 0 Å². The molecule has 0 fully saturated rings. The van der Waals surface area contributed by atoms with Crippen LogP contribution < -0.4 is 9.47 Å². The maximum absolute atomic E-state index is 11.7. The summed E-state index contributed by atoms with van der Waals surface area (Å²) in [5, 5.41) is 9.84. The van der Waals surface area contributed by atoms with E-state index in [1.807, 2.05) is 30.3 Å². The first-order chi connectivity index (χ1) is 11.1. The Kier molecular flexibility index (Phi) is 5.63. The molecular formula is C18H18O5. The van der Waals surface area contributed by atoms with Gasteiger partial charge in [0, 0.05) is 6.08 Å². The Balaban J connectivity index is 2.03. The molecule has 2 aromatic carbocycles. The van der Waals surface area contributed by atoms with Crippen LogP contribution >= 0.6 is 0 Å². The number of carbonyl (C=O) groups excluding carboxylic acids is 1. The van der Waals surface area contributed by atoms with E-state index in [1.54, 1.807) is 18.2 Å². The van der Waals surface area contributed by atoms with E-state index < -0.39 is 5.97 Å². The Labute approximate surface area is 134 Å². The van der Waals surface area contributed by atoms with Crippen LogP contribution in [-0.4, -0.2) is 25.3 Å². The fourth-order valence-corrected chi connectivity index (χ4v) is 1.95. The average molecular weight is 314 g/mol. The Morgan fingerprint density at radius 1 is 1.09 bits per heavy atom. The molecule has 0 aromatic heterocycles. The van der Waals surface area contributed by atoms with Gasteiger partial charge >= 0.3 is 5.97 Å². The number of methoxy groups -OCH3 is 2. The molecule has 0 aliphatic carbocycles. The topological polar surface area (TPSA) is 65.0 Å². The predicted molar refractivity (Wildman–Crippen MR) is 86.5 cm³/mol. The molecule has 0 amide bonds. The molecule has 0 atom stereocenters. The zero-order valence-corrected chi connectivity index (χ0v) is 13.0. The molecule has 0 aliphatic heterocycles. The van der Waals surface area contributed by atoms with Gasteiger partial charge in [-0.1, -0.05) is 30.3 Å². The number of hydrogen-bond donors (Lipinski definition) is 1. The molecule has 2 rings (SSSR count). The van der Waals surface area contributed by atoms with E-state index in [9.17, 15) is 9.90 Å². The summed E-state index contributed by atoms with van der Waals surface area (Å²) in [5.41, 5.74) is 1.57. The van der Waals surface area contributed by atoms with Crippen LogP contribution in [0.4, 0.5) is 0 Å². The monoisotopic (exact) mass is 314 g/mol. The molecule has 0 aliphatic rings. The van der Waals surface area contributed by atoms with Crippen LogP contribution in [0.15, 0.2) is 48.5 Å². The van der Waals surface area contributed by atoms with Crippen LogP contribution in [-0.2, 0) is 16.1 Å². The van der Waals surface area contributed by atoms with Gasteiger partial charge in [-0.25, -0.2) is 4.79 Å². The highest BCUT2D eigenvalue weighted by atomic mass is 16.5. The molecule has 2 aromatic rings. The summed E-state index contributed by atoms with van der Waals surface area (Å²) in [6.07, 6.45) is 2.88. The molecule has 0 heterocycles. The fourth-order valence-electron chi connectivity index (χ4n) is 1.95. The van der Waals surface area contributed by atoms with Crippen LogP contribution in [0.5, 0.6) is 17.2 Å². The van der Waals surface area contributed by atoms with Gasteiger partial charge in [-0.15, -0.1) is 0 Å². The third kappa shape index (κ3) is 4.51. The summed E-state index contributed by atoms with van der Waals surface area (Å²) < 4.78 is 15.3. The van der Waals surface area contributed by atoms with Crippen molar-refractivity contribution >= 4 is 12.0 Å². The van der Waals surface area contributed by atoms with Crippen LogP contribution in [0, 0.1) is 0 Å². The second-order valence-electron chi connectivity index (χ2n) is 4.70. The van der Waals surface area contributed by atoms with Crippen LogP contribution in [0.1, 0.15) is 11.1 Å². The lowest BCUT2D eigenvalue weighted by Gasteiger charge is -2.09. The summed E-state index contributed by atoms with van der Waals surface area (Å²) in [7, 11) is 2.88. The Morgan fingerprint density at radius 2 is 1.70 bits per heavy atom. The minimum absolute atomic E-state index is 0.0844. The van der Waals surface area contributed by atoms with Crippen molar-refractivity contribution in [2.24, 2.45) is 0 Å². The molecule has 0 radical (unpaired) electrons. The summed E-state index contributed by atoms with van der Waals surface area (Å²) in [5.74, 6) is -0.0121. The number of esters is 1. The second kappa shape index (κ2) is 7.89. The van der Waals surface area contributed by atoms with E-state index in [0.717, 1.165) is 5.56 Å². The highest BCUT2D eigenvalue weighted by Gasteiger charge is 2.10. The van der Waals surface area contributed by atoms with Gasteiger partial charge < -0.3 is 19.3 Å². The molecule has 0 bridgehead atoms. The number of phenols is 1. The molecule has 120 valence electrons. The zero-order chi connectivity index (χ0) is 16.7. The van der Waals surface area contributed by atoms with Crippen molar-refractivity contribution in [2.45, 2.75) is 6.61 Å². The van der Waals surface area contributed by atoms with Gasteiger partial charge in [0.2, 0.25) is 5.75 Å². The van der Waals surface area contributed by atoms with Crippen molar-refractivity contribution in [3.8, 4) is 17.2 Å². The first-order valence-corrected chi connectivity index (χ1v) is 6.97. The van der Waals surface area contributed by atoms with E-state index >= 15 is 0 Å². The van der Waals surface area contributed by atoms with E-state index in [1.165, 1.54) is 20.3 Å². The number of phenolic OH excluding ortho intramolecular Hbond substituents is 1. The first kappa shape index (κ1) is 16.4. The number of rotatable bonds is 6. The third-order valence-electron chi connectivity index (χ3n) is 3.14. The van der Waals surface area contributed by atoms with Crippen molar-refractivity contribution in [3.63, 3.8) is 0 Å². The van der Waals surface area contributed by atoms with Gasteiger partial charge in [0.25, 0.3) is 0 Å². The van der Waals surface area contributed by atoms with Gasteiger partial charge in [-0.3, -0.25) is 0 Å². The molecule has 5 heteroatoms. The van der Waals surface area contributed by atoms with Crippen molar-refractivity contribution in [1.82, 2.24) is 0 Å². The maximum Gasteiger partial charge on any atom is 0.331 e. The van der Waals surface area contributed by atoms with Crippen LogP contribution in [0.25, 0.3) is 6.08 Å². The summed E-state index contributed by atoms with van der Waals surface area (Å²) in [4.78, 5) is 11.7. The highest BCUT2D eigenvalue weighted by molar-refractivity contribution is 5.87. The summed E-state index contributed by atoms with van der Waals surface area (Å²) in [6.45, 7) is 0.215. The van der Waals surface area contributed by atoms with Crippen molar-refractivity contribution in [1.29, 1.82) is 0 Å². The Bertz CT molecular complexity index is 667. The van der Waals surface area contributed by atoms with E-state index in [-0.39, 0.29) is 23.9 Å².